The smallest absolute Gasteiger partial charge is 0.337 e. The van der Waals surface area contributed by atoms with E-state index in [9.17, 15) is 9.59 Å². The van der Waals surface area contributed by atoms with Crippen LogP contribution in [0, 0.1) is 6.92 Å². The fourth-order valence-electron chi connectivity index (χ4n) is 2.36. The summed E-state index contributed by atoms with van der Waals surface area (Å²) in [6, 6.07) is 12.7. The van der Waals surface area contributed by atoms with Crippen LogP contribution in [0.2, 0.25) is 0 Å². The molecule has 0 aliphatic rings. The minimum absolute atomic E-state index is 0.0871. The van der Waals surface area contributed by atoms with E-state index in [2.05, 4.69) is 10.1 Å². The molecule has 1 amide bonds. The Morgan fingerprint density at radius 2 is 1.75 bits per heavy atom. The quantitative estimate of drug-likeness (QED) is 0.829. The first-order valence-electron chi connectivity index (χ1n) is 7.61. The maximum atomic E-state index is 12.1. The summed E-state index contributed by atoms with van der Waals surface area (Å²) in [4.78, 5) is 23.5. The van der Waals surface area contributed by atoms with E-state index in [0.29, 0.717) is 17.9 Å². The lowest BCUT2D eigenvalue weighted by Crippen LogP contribution is -2.24. The van der Waals surface area contributed by atoms with Gasteiger partial charge in [-0.05, 0) is 30.7 Å². The Morgan fingerprint density at radius 3 is 2.38 bits per heavy atom. The number of ether oxygens (including phenoxy) is 2. The molecular formula is C19H21NO4. The van der Waals surface area contributed by atoms with Gasteiger partial charge in [-0.25, -0.2) is 4.79 Å². The highest BCUT2D eigenvalue weighted by Gasteiger charge is 2.09. The minimum atomic E-state index is -0.378. The van der Waals surface area contributed by atoms with Crippen LogP contribution in [-0.2, 0) is 22.5 Å². The van der Waals surface area contributed by atoms with Crippen LogP contribution in [0.3, 0.4) is 0 Å². The molecule has 126 valence electrons. The standard InChI is InChI=1S/C19H21NO4/c1-13-4-9-17(23-2)16(10-13)11-18(21)20-12-14-5-7-15(8-6-14)19(22)24-3/h4-10H,11-12H2,1-3H3,(H,20,21). The Kier molecular flexibility index (Phi) is 5.95. The third kappa shape index (κ3) is 4.59. The molecule has 5 heteroatoms. The van der Waals surface area contributed by atoms with E-state index in [4.69, 9.17) is 4.74 Å². The van der Waals surface area contributed by atoms with Crippen molar-refractivity contribution in [3.63, 3.8) is 0 Å². The van der Waals surface area contributed by atoms with Crippen LogP contribution < -0.4 is 10.1 Å². The molecular weight excluding hydrogens is 306 g/mol. The second-order valence-electron chi connectivity index (χ2n) is 5.46. The lowest BCUT2D eigenvalue weighted by atomic mass is 10.1. The van der Waals surface area contributed by atoms with E-state index in [-0.39, 0.29) is 18.3 Å². The first-order chi connectivity index (χ1) is 11.5. The van der Waals surface area contributed by atoms with Crippen LogP contribution in [0.5, 0.6) is 5.75 Å². The molecule has 0 fully saturated rings. The van der Waals surface area contributed by atoms with Gasteiger partial charge in [-0.2, -0.15) is 0 Å². The number of benzene rings is 2. The van der Waals surface area contributed by atoms with Crippen molar-refractivity contribution in [1.29, 1.82) is 0 Å². The summed E-state index contributed by atoms with van der Waals surface area (Å²) >= 11 is 0. The molecule has 0 aliphatic heterocycles. The SMILES string of the molecule is COC(=O)c1ccc(CNC(=O)Cc2cc(C)ccc2OC)cc1. The molecule has 2 aromatic rings. The van der Waals surface area contributed by atoms with Gasteiger partial charge in [-0.15, -0.1) is 0 Å². The van der Waals surface area contributed by atoms with E-state index in [1.54, 1.807) is 31.4 Å². The molecule has 0 radical (unpaired) electrons. The van der Waals surface area contributed by atoms with E-state index in [0.717, 1.165) is 16.7 Å². The Morgan fingerprint density at radius 1 is 1.04 bits per heavy atom. The molecule has 24 heavy (non-hydrogen) atoms. The normalized spacial score (nSPS) is 10.1. The number of amides is 1. The Balaban J connectivity index is 1.94. The number of nitrogens with one attached hydrogen (secondary N) is 1. The van der Waals surface area contributed by atoms with Gasteiger partial charge in [-0.1, -0.05) is 29.8 Å². The van der Waals surface area contributed by atoms with Crippen LogP contribution >= 0.6 is 0 Å². The second kappa shape index (κ2) is 8.15. The summed E-state index contributed by atoms with van der Waals surface area (Å²) < 4.78 is 9.94. The molecule has 0 spiro atoms. The molecule has 0 saturated heterocycles. The summed E-state index contributed by atoms with van der Waals surface area (Å²) in [5.41, 5.74) is 3.33. The van der Waals surface area contributed by atoms with Gasteiger partial charge < -0.3 is 14.8 Å². The predicted molar refractivity (Wildman–Crippen MR) is 91.1 cm³/mol. The van der Waals surface area contributed by atoms with Crippen molar-refractivity contribution in [3.05, 3.63) is 64.7 Å². The summed E-state index contributed by atoms with van der Waals surface area (Å²) in [5.74, 6) is 0.242. The van der Waals surface area contributed by atoms with Crippen molar-refractivity contribution >= 4 is 11.9 Å². The van der Waals surface area contributed by atoms with Crippen LogP contribution in [0.25, 0.3) is 0 Å². The molecule has 0 aliphatic carbocycles. The van der Waals surface area contributed by atoms with Gasteiger partial charge in [0.25, 0.3) is 0 Å². The third-order valence-corrected chi connectivity index (χ3v) is 3.65. The number of hydrogen-bond donors (Lipinski definition) is 1. The number of esters is 1. The second-order valence-corrected chi connectivity index (χ2v) is 5.46. The number of methoxy groups -OCH3 is 2. The van der Waals surface area contributed by atoms with Gasteiger partial charge >= 0.3 is 5.97 Å². The predicted octanol–water partition coefficient (Wildman–Crippen LogP) is 2.65. The van der Waals surface area contributed by atoms with Gasteiger partial charge in [0, 0.05) is 12.1 Å². The summed E-state index contributed by atoms with van der Waals surface area (Å²) in [5, 5.41) is 2.87. The van der Waals surface area contributed by atoms with Gasteiger partial charge in [0.15, 0.2) is 0 Å². The van der Waals surface area contributed by atoms with Crippen molar-refractivity contribution in [2.45, 2.75) is 19.9 Å². The van der Waals surface area contributed by atoms with Gasteiger partial charge in [0.1, 0.15) is 5.75 Å². The number of hydrogen-bond acceptors (Lipinski definition) is 4. The first kappa shape index (κ1) is 17.5. The van der Waals surface area contributed by atoms with E-state index < -0.39 is 0 Å². The Labute approximate surface area is 141 Å². The molecule has 2 rings (SSSR count). The number of carbonyl (C=O) groups excluding carboxylic acids is 2. The lowest BCUT2D eigenvalue weighted by molar-refractivity contribution is -0.120. The molecule has 0 atom stereocenters. The zero-order valence-electron chi connectivity index (χ0n) is 14.1. The average molecular weight is 327 g/mol. The fraction of sp³-hybridized carbons (Fsp3) is 0.263. The summed E-state index contributed by atoms with van der Waals surface area (Å²) in [6.07, 6.45) is 0.255. The fourth-order valence-corrected chi connectivity index (χ4v) is 2.36. The van der Waals surface area contributed by atoms with E-state index in [1.807, 2.05) is 25.1 Å². The van der Waals surface area contributed by atoms with Crippen molar-refractivity contribution < 1.29 is 19.1 Å². The maximum Gasteiger partial charge on any atom is 0.337 e. The summed E-state index contributed by atoms with van der Waals surface area (Å²) in [7, 11) is 2.94. The van der Waals surface area contributed by atoms with Crippen molar-refractivity contribution in [2.75, 3.05) is 14.2 Å². The Bertz CT molecular complexity index is 723. The highest BCUT2D eigenvalue weighted by atomic mass is 16.5. The van der Waals surface area contributed by atoms with E-state index in [1.165, 1.54) is 7.11 Å². The number of carbonyl (C=O) groups is 2. The highest BCUT2D eigenvalue weighted by molar-refractivity contribution is 5.89. The summed E-state index contributed by atoms with van der Waals surface area (Å²) in [6.45, 7) is 2.37. The van der Waals surface area contributed by atoms with Crippen molar-refractivity contribution in [1.82, 2.24) is 5.32 Å². The zero-order valence-corrected chi connectivity index (χ0v) is 14.1. The molecule has 0 bridgehead atoms. The monoisotopic (exact) mass is 327 g/mol. The van der Waals surface area contributed by atoms with Crippen LogP contribution in [0.4, 0.5) is 0 Å². The lowest BCUT2D eigenvalue weighted by Gasteiger charge is -2.10. The van der Waals surface area contributed by atoms with E-state index >= 15 is 0 Å². The molecule has 5 nitrogen and oxygen atoms in total. The first-order valence-corrected chi connectivity index (χ1v) is 7.61. The maximum absolute atomic E-state index is 12.1. The number of aryl methyl sites for hydroxylation is 1. The zero-order chi connectivity index (χ0) is 17.5. The molecule has 1 N–H and O–H groups in total. The van der Waals surface area contributed by atoms with Crippen LogP contribution in [-0.4, -0.2) is 26.1 Å². The van der Waals surface area contributed by atoms with Gasteiger partial charge in [0.2, 0.25) is 5.91 Å². The van der Waals surface area contributed by atoms with Crippen LogP contribution in [0.1, 0.15) is 27.0 Å². The highest BCUT2D eigenvalue weighted by Crippen LogP contribution is 2.20. The topological polar surface area (TPSA) is 64.6 Å². The molecule has 0 aromatic heterocycles. The minimum Gasteiger partial charge on any atom is -0.496 e. The number of rotatable bonds is 6. The average Bonchev–Trinajstić information content (AvgIpc) is 2.60. The van der Waals surface area contributed by atoms with Crippen molar-refractivity contribution in [3.8, 4) is 5.75 Å². The third-order valence-electron chi connectivity index (χ3n) is 3.65. The van der Waals surface area contributed by atoms with Crippen LogP contribution in [0.15, 0.2) is 42.5 Å². The molecule has 0 heterocycles. The Hall–Kier alpha value is -2.82. The van der Waals surface area contributed by atoms with Gasteiger partial charge in [0.05, 0.1) is 26.2 Å². The van der Waals surface area contributed by atoms with Crippen molar-refractivity contribution in [2.24, 2.45) is 0 Å². The molecule has 0 unspecified atom stereocenters. The molecule has 0 saturated carbocycles. The molecule has 2 aromatic carbocycles. The van der Waals surface area contributed by atoms with Gasteiger partial charge in [-0.3, -0.25) is 4.79 Å². The largest absolute Gasteiger partial charge is 0.496 e.